The molecule has 0 amide bonds. The molecule has 11 nitrogen and oxygen atoms in total. The molecule has 0 aliphatic carbocycles. The van der Waals surface area contributed by atoms with Crippen LogP contribution in [0.15, 0.2) is 182 Å². The second-order valence-corrected chi connectivity index (χ2v) is 16.2. The van der Waals surface area contributed by atoms with Crippen LogP contribution in [0.2, 0.25) is 0 Å². The van der Waals surface area contributed by atoms with Crippen molar-refractivity contribution >= 4 is 0 Å². The van der Waals surface area contributed by atoms with Gasteiger partial charge in [-0.1, -0.05) is 182 Å². The Morgan fingerprint density at radius 2 is 0.646 bits per heavy atom. The van der Waals surface area contributed by atoms with Crippen LogP contribution < -0.4 is 0 Å². The molecule has 10 atom stereocenters. The van der Waals surface area contributed by atoms with Crippen molar-refractivity contribution in [2.45, 2.75) is 101 Å². The van der Waals surface area contributed by atoms with Crippen molar-refractivity contribution in [2.24, 2.45) is 0 Å². The quantitative estimate of drug-likeness (QED) is 0.0691. The summed E-state index contributed by atoms with van der Waals surface area (Å²) in [5.74, 6) is 0. The lowest BCUT2D eigenvalue weighted by Gasteiger charge is -2.46. The zero-order chi connectivity index (χ0) is 44.5. The smallest absolute Gasteiger partial charge is 0.186 e. The summed E-state index contributed by atoms with van der Waals surface area (Å²) in [7, 11) is 0. The van der Waals surface area contributed by atoms with Gasteiger partial charge in [-0.15, -0.1) is 0 Å². The van der Waals surface area contributed by atoms with E-state index in [2.05, 4.69) is 0 Å². The SMILES string of the molecule is O[C@@H]1[C@H](OC[C@H]2O[C@H](O)[C@@H](OCc3ccccc3)[C@@H](OCc3ccccc3)[C@@H]2OCc2ccccc2)O[C@H](COCc2ccccc2)[C@@H](OCc2ccccc2)[C@@H]1OCc1ccccc1. The molecule has 2 aliphatic heterocycles. The number of aliphatic hydroxyl groups excluding tert-OH is 2. The average molecular weight is 883 g/mol. The molecule has 340 valence electrons. The first kappa shape index (κ1) is 46.4. The topological polar surface area (TPSA) is 124 Å². The Labute approximate surface area is 381 Å². The van der Waals surface area contributed by atoms with Crippen molar-refractivity contribution in [2.75, 3.05) is 13.2 Å². The number of benzene rings is 6. The number of hydrogen-bond acceptors (Lipinski definition) is 11. The highest BCUT2D eigenvalue weighted by Crippen LogP contribution is 2.33. The molecular weight excluding hydrogens is 825 g/mol. The van der Waals surface area contributed by atoms with Crippen molar-refractivity contribution in [3.63, 3.8) is 0 Å². The molecule has 2 fully saturated rings. The van der Waals surface area contributed by atoms with Crippen LogP contribution in [0.25, 0.3) is 0 Å². The average Bonchev–Trinajstić information content (AvgIpc) is 3.36. The van der Waals surface area contributed by atoms with Gasteiger partial charge in [0.25, 0.3) is 0 Å². The normalized spacial score (nSPS) is 25.6. The first-order valence-electron chi connectivity index (χ1n) is 22.3. The van der Waals surface area contributed by atoms with Gasteiger partial charge in [0.05, 0.1) is 52.9 Å². The minimum absolute atomic E-state index is 0.114. The Kier molecular flexibility index (Phi) is 17.4. The molecule has 0 unspecified atom stereocenters. The van der Waals surface area contributed by atoms with Gasteiger partial charge in [0.2, 0.25) is 0 Å². The van der Waals surface area contributed by atoms with E-state index >= 15 is 0 Å². The second kappa shape index (κ2) is 24.4. The zero-order valence-electron chi connectivity index (χ0n) is 36.3. The lowest BCUT2D eigenvalue weighted by Crippen LogP contribution is -2.63. The summed E-state index contributed by atoms with van der Waals surface area (Å²) in [5.41, 5.74) is 5.68. The molecule has 2 saturated heterocycles. The van der Waals surface area contributed by atoms with Crippen LogP contribution in [0.1, 0.15) is 33.4 Å². The Morgan fingerprint density at radius 1 is 0.323 bits per heavy atom. The monoisotopic (exact) mass is 882 g/mol. The number of hydrogen-bond donors (Lipinski definition) is 2. The summed E-state index contributed by atoms with van der Waals surface area (Å²) >= 11 is 0. The standard InChI is InChI=1S/C54H58O11/c55-47-50(60-34-42-25-13-4-14-26-42)48(58-32-40-21-9-2-10-22-40)45(37-57-31-39-19-7-1-8-20-39)65-54(47)63-38-46-49(59-33-41-23-11-3-12-24-41)51(61-35-43-27-15-5-16-28-43)52(53(56)64-46)62-36-44-29-17-6-18-30-44/h1-30,45-56H,31-38H2/t45-,46-,47+,48-,49-,50-,51+,52+,53+,54-/m1/s1. The van der Waals surface area contributed by atoms with E-state index in [0.717, 1.165) is 33.4 Å². The highest BCUT2D eigenvalue weighted by molar-refractivity contribution is 5.18. The molecule has 0 aromatic heterocycles. The Bertz CT molecular complexity index is 2210. The lowest BCUT2D eigenvalue weighted by molar-refractivity contribution is -0.344. The molecule has 6 aromatic rings. The molecule has 2 heterocycles. The van der Waals surface area contributed by atoms with Gasteiger partial charge < -0.3 is 52.8 Å². The fraction of sp³-hybridized carbons (Fsp3) is 0.333. The van der Waals surface area contributed by atoms with Crippen molar-refractivity contribution in [1.82, 2.24) is 0 Å². The molecule has 8 rings (SSSR count). The van der Waals surface area contributed by atoms with Crippen molar-refractivity contribution in [3.05, 3.63) is 215 Å². The van der Waals surface area contributed by atoms with Crippen LogP contribution in [0.4, 0.5) is 0 Å². The highest BCUT2D eigenvalue weighted by Gasteiger charge is 2.51. The van der Waals surface area contributed by atoms with Crippen molar-refractivity contribution in [3.8, 4) is 0 Å². The molecule has 65 heavy (non-hydrogen) atoms. The van der Waals surface area contributed by atoms with E-state index in [1.165, 1.54) is 0 Å². The van der Waals surface area contributed by atoms with E-state index in [4.69, 9.17) is 42.6 Å². The fourth-order valence-electron chi connectivity index (χ4n) is 8.05. The van der Waals surface area contributed by atoms with Gasteiger partial charge in [0, 0.05) is 0 Å². The van der Waals surface area contributed by atoms with Gasteiger partial charge in [0.15, 0.2) is 12.6 Å². The summed E-state index contributed by atoms with van der Waals surface area (Å²) in [4.78, 5) is 0. The molecule has 0 saturated carbocycles. The number of rotatable bonds is 22. The third-order valence-electron chi connectivity index (χ3n) is 11.5. The van der Waals surface area contributed by atoms with E-state index in [9.17, 15) is 10.2 Å². The van der Waals surface area contributed by atoms with Crippen LogP contribution in [0.5, 0.6) is 0 Å². The predicted octanol–water partition coefficient (Wildman–Crippen LogP) is 7.95. The summed E-state index contributed by atoms with van der Waals surface area (Å²) in [6.45, 7) is 1.39. The summed E-state index contributed by atoms with van der Waals surface area (Å²) in [5, 5.41) is 24.0. The molecule has 2 aliphatic rings. The maximum Gasteiger partial charge on any atom is 0.186 e. The highest BCUT2D eigenvalue weighted by atomic mass is 16.7. The lowest BCUT2D eigenvalue weighted by atomic mass is 9.97. The van der Waals surface area contributed by atoms with Crippen LogP contribution in [-0.4, -0.2) is 84.8 Å². The zero-order valence-corrected chi connectivity index (χ0v) is 36.3. The molecule has 11 heteroatoms. The first-order chi connectivity index (χ1) is 32.1. The maximum atomic E-state index is 12.2. The molecule has 0 spiro atoms. The van der Waals surface area contributed by atoms with Crippen LogP contribution in [0, 0.1) is 0 Å². The Morgan fingerprint density at radius 3 is 1.06 bits per heavy atom. The predicted molar refractivity (Wildman–Crippen MR) is 243 cm³/mol. The minimum Gasteiger partial charge on any atom is -0.385 e. The van der Waals surface area contributed by atoms with Gasteiger partial charge in [-0.3, -0.25) is 0 Å². The van der Waals surface area contributed by atoms with Gasteiger partial charge in [-0.05, 0) is 33.4 Å². The molecule has 6 aromatic carbocycles. The largest absolute Gasteiger partial charge is 0.385 e. The van der Waals surface area contributed by atoms with E-state index in [-0.39, 0.29) is 46.2 Å². The van der Waals surface area contributed by atoms with E-state index in [0.29, 0.717) is 6.61 Å². The minimum atomic E-state index is -1.42. The van der Waals surface area contributed by atoms with E-state index < -0.39 is 61.4 Å². The van der Waals surface area contributed by atoms with Crippen molar-refractivity contribution < 1.29 is 52.8 Å². The fourth-order valence-corrected chi connectivity index (χ4v) is 8.05. The Hall–Kier alpha value is -5.12. The number of ether oxygens (including phenoxy) is 9. The van der Waals surface area contributed by atoms with Crippen LogP contribution in [0.3, 0.4) is 0 Å². The van der Waals surface area contributed by atoms with Crippen molar-refractivity contribution in [1.29, 1.82) is 0 Å². The second-order valence-electron chi connectivity index (χ2n) is 16.2. The van der Waals surface area contributed by atoms with Gasteiger partial charge in [-0.2, -0.15) is 0 Å². The Balaban J connectivity index is 1.05. The van der Waals surface area contributed by atoms with Gasteiger partial charge in [0.1, 0.15) is 48.8 Å². The van der Waals surface area contributed by atoms with Crippen LogP contribution in [-0.2, 0) is 82.3 Å². The molecule has 0 bridgehead atoms. The molecule has 0 radical (unpaired) electrons. The van der Waals surface area contributed by atoms with Gasteiger partial charge >= 0.3 is 0 Å². The van der Waals surface area contributed by atoms with Crippen LogP contribution >= 0.6 is 0 Å². The molecular formula is C54H58O11. The third kappa shape index (κ3) is 13.5. The van der Waals surface area contributed by atoms with Gasteiger partial charge in [-0.25, -0.2) is 0 Å². The summed E-state index contributed by atoms with van der Waals surface area (Å²) < 4.78 is 58.8. The maximum absolute atomic E-state index is 12.2. The number of aliphatic hydroxyl groups is 2. The van der Waals surface area contributed by atoms with E-state index in [1.54, 1.807) is 0 Å². The summed E-state index contributed by atoms with van der Waals surface area (Å²) in [6.07, 6.45) is -9.77. The molecule has 2 N–H and O–H groups in total. The third-order valence-corrected chi connectivity index (χ3v) is 11.5. The van der Waals surface area contributed by atoms with E-state index in [1.807, 2.05) is 182 Å². The summed E-state index contributed by atoms with van der Waals surface area (Å²) in [6, 6.07) is 58.8. The first-order valence-corrected chi connectivity index (χ1v) is 22.3.